The fourth-order valence-corrected chi connectivity index (χ4v) is 2.98. The zero-order chi connectivity index (χ0) is 14.7. The number of Topliss-reactive ketones (excluding diaryl/α,β-unsaturated/α-hetero) is 1. The maximum Gasteiger partial charge on any atom is 0.169 e. The van der Waals surface area contributed by atoms with Crippen LogP contribution in [0.4, 0.5) is 0 Å². The van der Waals surface area contributed by atoms with Crippen molar-refractivity contribution in [1.29, 1.82) is 0 Å². The van der Waals surface area contributed by atoms with Crippen LogP contribution in [0.5, 0.6) is 0 Å². The standard InChI is InChI=1S/C15H17ClN2OS/c1-4-18-12(15(16)10(2)17-18)9-13(19)11-7-5-6-8-14(11)20-3/h5-8H,4,9H2,1-3H3. The van der Waals surface area contributed by atoms with Crippen molar-refractivity contribution < 1.29 is 4.79 Å². The van der Waals surface area contributed by atoms with Gasteiger partial charge in [-0.2, -0.15) is 5.10 Å². The third-order valence-corrected chi connectivity index (χ3v) is 4.48. The summed E-state index contributed by atoms with van der Waals surface area (Å²) in [5.41, 5.74) is 2.32. The summed E-state index contributed by atoms with van der Waals surface area (Å²) in [6, 6.07) is 7.65. The fraction of sp³-hybridized carbons (Fsp3) is 0.333. The number of hydrogen-bond acceptors (Lipinski definition) is 3. The molecule has 0 aliphatic rings. The first kappa shape index (κ1) is 15.1. The predicted octanol–water partition coefficient (Wildman–Crippen LogP) is 4.01. The molecule has 0 radical (unpaired) electrons. The molecule has 0 unspecified atom stereocenters. The van der Waals surface area contributed by atoms with E-state index in [4.69, 9.17) is 11.6 Å². The zero-order valence-corrected chi connectivity index (χ0v) is 13.4. The molecule has 3 nitrogen and oxygen atoms in total. The molecule has 106 valence electrons. The molecule has 2 rings (SSSR count). The highest BCUT2D eigenvalue weighted by Crippen LogP contribution is 2.25. The van der Waals surface area contributed by atoms with Gasteiger partial charge < -0.3 is 0 Å². The molecule has 20 heavy (non-hydrogen) atoms. The van der Waals surface area contributed by atoms with E-state index >= 15 is 0 Å². The van der Waals surface area contributed by atoms with E-state index in [1.54, 1.807) is 16.4 Å². The minimum absolute atomic E-state index is 0.0754. The number of benzene rings is 1. The van der Waals surface area contributed by atoms with Gasteiger partial charge in [0.2, 0.25) is 0 Å². The van der Waals surface area contributed by atoms with Crippen molar-refractivity contribution in [1.82, 2.24) is 9.78 Å². The van der Waals surface area contributed by atoms with Gasteiger partial charge in [-0.15, -0.1) is 11.8 Å². The van der Waals surface area contributed by atoms with E-state index in [1.165, 1.54) is 0 Å². The molecular weight excluding hydrogens is 292 g/mol. The molecule has 0 spiro atoms. The minimum Gasteiger partial charge on any atom is -0.294 e. The molecule has 0 N–H and O–H groups in total. The number of hydrogen-bond donors (Lipinski definition) is 0. The first-order valence-corrected chi connectivity index (χ1v) is 8.06. The summed E-state index contributed by atoms with van der Waals surface area (Å²) in [4.78, 5) is 13.5. The van der Waals surface area contributed by atoms with E-state index in [1.807, 2.05) is 44.4 Å². The van der Waals surface area contributed by atoms with Gasteiger partial charge >= 0.3 is 0 Å². The minimum atomic E-state index is 0.0754. The molecule has 0 aliphatic carbocycles. The third-order valence-electron chi connectivity index (χ3n) is 3.19. The fourth-order valence-electron chi connectivity index (χ4n) is 2.16. The van der Waals surface area contributed by atoms with Gasteiger partial charge in [-0.05, 0) is 26.2 Å². The van der Waals surface area contributed by atoms with Crippen LogP contribution in [0, 0.1) is 6.92 Å². The number of nitrogens with zero attached hydrogens (tertiary/aromatic N) is 2. The van der Waals surface area contributed by atoms with Crippen molar-refractivity contribution in [2.75, 3.05) is 6.26 Å². The largest absolute Gasteiger partial charge is 0.294 e. The normalized spacial score (nSPS) is 10.8. The summed E-state index contributed by atoms with van der Waals surface area (Å²) in [6.07, 6.45) is 2.25. The Balaban J connectivity index is 2.33. The van der Waals surface area contributed by atoms with Crippen LogP contribution in [0.15, 0.2) is 29.2 Å². The Kier molecular flexibility index (Phi) is 4.89. The van der Waals surface area contributed by atoms with Crippen molar-refractivity contribution >= 4 is 29.1 Å². The van der Waals surface area contributed by atoms with Gasteiger partial charge in [0, 0.05) is 17.0 Å². The number of aromatic nitrogens is 2. The predicted molar refractivity (Wildman–Crippen MR) is 83.9 cm³/mol. The van der Waals surface area contributed by atoms with Gasteiger partial charge in [0.05, 0.1) is 22.8 Å². The quantitative estimate of drug-likeness (QED) is 0.618. The average molecular weight is 309 g/mol. The van der Waals surface area contributed by atoms with Crippen molar-refractivity contribution in [3.05, 3.63) is 46.2 Å². The lowest BCUT2D eigenvalue weighted by Gasteiger charge is -2.08. The van der Waals surface area contributed by atoms with Crippen LogP contribution in [0.25, 0.3) is 0 Å². The molecule has 1 aromatic heterocycles. The van der Waals surface area contributed by atoms with Gasteiger partial charge in [0.15, 0.2) is 5.78 Å². The number of carbonyl (C=O) groups is 1. The number of thioether (sulfide) groups is 1. The van der Waals surface area contributed by atoms with E-state index in [0.717, 1.165) is 21.8 Å². The molecule has 0 saturated carbocycles. The van der Waals surface area contributed by atoms with E-state index in [9.17, 15) is 4.79 Å². The second-order valence-electron chi connectivity index (χ2n) is 4.46. The lowest BCUT2D eigenvalue weighted by Crippen LogP contribution is -2.11. The van der Waals surface area contributed by atoms with Crippen molar-refractivity contribution in [2.45, 2.75) is 31.7 Å². The van der Waals surface area contributed by atoms with Gasteiger partial charge in [-0.3, -0.25) is 9.48 Å². The van der Waals surface area contributed by atoms with Crippen LogP contribution in [0.3, 0.4) is 0 Å². The van der Waals surface area contributed by atoms with Gasteiger partial charge in [-0.1, -0.05) is 29.8 Å². The second-order valence-corrected chi connectivity index (χ2v) is 5.69. The summed E-state index contributed by atoms with van der Waals surface area (Å²) in [5.74, 6) is 0.0754. The van der Waals surface area contributed by atoms with Crippen LogP contribution in [0.2, 0.25) is 5.02 Å². The zero-order valence-electron chi connectivity index (χ0n) is 11.8. The maximum absolute atomic E-state index is 12.5. The van der Waals surface area contributed by atoms with Gasteiger partial charge in [0.25, 0.3) is 0 Å². The average Bonchev–Trinajstić information content (AvgIpc) is 2.74. The molecule has 0 atom stereocenters. The first-order chi connectivity index (χ1) is 9.58. The molecule has 0 amide bonds. The Morgan fingerprint density at radius 2 is 2.10 bits per heavy atom. The molecule has 0 bridgehead atoms. The Bertz CT molecular complexity index is 637. The van der Waals surface area contributed by atoms with E-state index in [-0.39, 0.29) is 12.2 Å². The SMILES string of the molecule is CCn1nc(C)c(Cl)c1CC(=O)c1ccccc1SC. The van der Waals surface area contributed by atoms with Gasteiger partial charge in [-0.25, -0.2) is 0 Å². The molecule has 2 aromatic rings. The number of rotatable bonds is 5. The molecule has 1 heterocycles. The van der Waals surface area contributed by atoms with Crippen LogP contribution < -0.4 is 0 Å². The van der Waals surface area contributed by atoms with Crippen LogP contribution in [0.1, 0.15) is 28.7 Å². The number of ketones is 1. The number of carbonyl (C=O) groups excluding carboxylic acids is 1. The summed E-state index contributed by atoms with van der Waals surface area (Å²) < 4.78 is 1.80. The second kappa shape index (κ2) is 6.46. The summed E-state index contributed by atoms with van der Waals surface area (Å²) in [6.45, 7) is 4.56. The highest BCUT2D eigenvalue weighted by Gasteiger charge is 2.18. The molecular formula is C15H17ClN2OS. The monoisotopic (exact) mass is 308 g/mol. The smallest absolute Gasteiger partial charge is 0.169 e. The summed E-state index contributed by atoms with van der Waals surface area (Å²) in [5, 5.41) is 4.94. The Hall–Kier alpha value is -1.26. The van der Waals surface area contributed by atoms with E-state index in [2.05, 4.69) is 5.10 Å². The van der Waals surface area contributed by atoms with Crippen molar-refractivity contribution in [3.63, 3.8) is 0 Å². The molecule has 5 heteroatoms. The van der Waals surface area contributed by atoms with Gasteiger partial charge in [0.1, 0.15) is 0 Å². The molecule has 0 fully saturated rings. The summed E-state index contributed by atoms with van der Waals surface area (Å²) >= 11 is 7.83. The number of aryl methyl sites for hydroxylation is 2. The Morgan fingerprint density at radius 1 is 1.40 bits per heavy atom. The van der Waals surface area contributed by atoms with Crippen LogP contribution in [-0.2, 0) is 13.0 Å². The van der Waals surface area contributed by atoms with Crippen molar-refractivity contribution in [3.8, 4) is 0 Å². The Labute approximate surface area is 128 Å². The molecule has 0 aliphatic heterocycles. The van der Waals surface area contributed by atoms with E-state index in [0.29, 0.717) is 11.6 Å². The lowest BCUT2D eigenvalue weighted by molar-refractivity contribution is 0.0987. The highest BCUT2D eigenvalue weighted by molar-refractivity contribution is 7.98. The first-order valence-electron chi connectivity index (χ1n) is 6.46. The molecule has 0 saturated heterocycles. The van der Waals surface area contributed by atoms with E-state index < -0.39 is 0 Å². The van der Waals surface area contributed by atoms with Crippen LogP contribution in [-0.4, -0.2) is 21.8 Å². The maximum atomic E-state index is 12.5. The van der Waals surface area contributed by atoms with Crippen LogP contribution >= 0.6 is 23.4 Å². The summed E-state index contributed by atoms with van der Waals surface area (Å²) in [7, 11) is 0. The topological polar surface area (TPSA) is 34.9 Å². The Morgan fingerprint density at radius 3 is 2.75 bits per heavy atom. The number of halogens is 1. The highest BCUT2D eigenvalue weighted by atomic mass is 35.5. The molecule has 1 aromatic carbocycles. The third kappa shape index (κ3) is 2.91. The van der Waals surface area contributed by atoms with Crippen molar-refractivity contribution in [2.24, 2.45) is 0 Å². The lowest BCUT2D eigenvalue weighted by atomic mass is 10.1.